The van der Waals surface area contributed by atoms with Crippen molar-refractivity contribution in [2.45, 2.75) is 88.1 Å². The van der Waals surface area contributed by atoms with Crippen molar-refractivity contribution in [2.24, 2.45) is 0 Å². The fourth-order valence-electron chi connectivity index (χ4n) is 7.92. The molecule has 46 heavy (non-hydrogen) atoms. The number of fused-ring (bicyclic) bond motifs is 3. The molecule has 0 N–H and O–H groups in total. The van der Waals surface area contributed by atoms with E-state index in [-0.39, 0.29) is 35.6 Å². The Bertz CT molecular complexity index is 1810. The molecular formula is C43H46Cl2Zr. The van der Waals surface area contributed by atoms with E-state index in [1.165, 1.54) is 70.2 Å². The summed E-state index contributed by atoms with van der Waals surface area (Å²) in [4.78, 5) is 0. The molecule has 0 radical (unpaired) electrons. The Morgan fingerprint density at radius 3 is 1.72 bits per heavy atom. The van der Waals surface area contributed by atoms with Gasteiger partial charge in [-0.15, -0.1) is 0 Å². The van der Waals surface area contributed by atoms with Gasteiger partial charge in [-0.1, -0.05) is 0 Å². The molecule has 1 fully saturated rings. The van der Waals surface area contributed by atoms with E-state index in [1.807, 2.05) is 3.21 Å². The Hall–Kier alpha value is -2.31. The molecule has 0 aromatic heterocycles. The first kappa shape index (κ1) is 35.0. The maximum absolute atomic E-state index is 2.63. The second kappa shape index (κ2) is 13.7. The van der Waals surface area contributed by atoms with Crippen LogP contribution in [0.25, 0.3) is 33.4 Å². The Labute approximate surface area is 297 Å². The van der Waals surface area contributed by atoms with Crippen molar-refractivity contribution in [2.75, 3.05) is 0 Å². The minimum absolute atomic E-state index is 0. The summed E-state index contributed by atoms with van der Waals surface area (Å²) in [5.41, 5.74) is 14.9. The Morgan fingerprint density at radius 2 is 1.15 bits per heavy atom. The standard InChI is InChI=1S/C33H33.C5H8.C5H5.2ClH.Zr/c1-32(2,3)30-20-26-24(18-28(30)22-13-9-7-10-14-22)17-25-19-29(23-15-11-8-12-16-23)31(21-27(25)26)33(4,5)6;2*1-2-4-5-3-1;;;/h7-16,18,20-21H,17H2,1-6H3;1-4H2;1-5H;2*1H;/q;;;;;+2/p-2. The molecule has 0 amide bonds. The molecule has 0 unspecified atom stereocenters. The van der Waals surface area contributed by atoms with Crippen molar-refractivity contribution in [3.8, 4) is 33.4 Å². The molecule has 0 aliphatic heterocycles. The van der Waals surface area contributed by atoms with E-state index >= 15 is 0 Å². The number of hydrogen-bond donors (Lipinski definition) is 0. The minimum atomic E-state index is -2.37. The topological polar surface area (TPSA) is 0 Å². The summed E-state index contributed by atoms with van der Waals surface area (Å²) in [6.45, 7) is 14.4. The van der Waals surface area contributed by atoms with E-state index in [0.29, 0.717) is 3.63 Å². The number of halogens is 2. The van der Waals surface area contributed by atoms with Gasteiger partial charge in [-0.3, -0.25) is 0 Å². The summed E-state index contributed by atoms with van der Waals surface area (Å²) < 4.78 is 4.37. The monoisotopic (exact) mass is 722 g/mol. The average molecular weight is 725 g/mol. The normalized spacial score (nSPS) is 15.2. The number of hydrogen-bond acceptors (Lipinski definition) is 0. The van der Waals surface area contributed by atoms with Gasteiger partial charge in [-0.2, -0.15) is 0 Å². The Morgan fingerprint density at radius 1 is 0.609 bits per heavy atom. The summed E-state index contributed by atoms with van der Waals surface area (Å²) in [6.07, 6.45) is 16.2. The summed E-state index contributed by atoms with van der Waals surface area (Å²) >= 11 is -2.37. The van der Waals surface area contributed by atoms with E-state index < -0.39 is 21.3 Å². The van der Waals surface area contributed by atoms with Crippen molar-refractivity contribution in [3.63, 3.8) is 0 Å². The van der Waals surface area contributed by atoms with E-state index in [2.05, 4.69) is 145 Å². The van der Waals surface area contributed by atoms with E-state index in [1.54, 1.807) is 14.4 Å². The van der Waals surface area contributed by atoms with Gasteiger partial charge in [-0.25, -0.2) is 0 Å². The van der Waals surface area contributed by atoms with Gasteiger partial charge in [0.1, 0.15) is 0 Å². The van der Waals surface area contributed by atoms with Crippen molar-refractivity contribution in [1.29, 1.82) is 0 Å². The van der Waals surface area contributed by atoms with Gasteiger partial charge in [0.2, 0.25) is 0 Å². The molecule has 7 rings (SSSR count). The number of allylic oxidation sites excluding steroid dienone is 4. The van der Waals surface area contributed by atoms with Crippen LogP contribution in [-0.4, -0.2) is 3.21 Å². The van der Waals surface area contributed by atoms with Crippen LogP contribution in [-0.2, 0) is 38.5 Å². The third-order valence-corrected chi connectivity index (χ3v) is 18.4. The Kier molecular flexibility index (Phi) is 10.4. The quantitative estimate of drug-likeness (QED) is 0.242. The summed E-state index contributed by atoms with van der Waals surface area (Å²) in [5, 5.41) is 0. The fourth-order valence-corrected chi connectivity index (χ4v) is 17.2. The van der Waals surface area contributed by atoms with Crippen molar-refractivity contribution in [3.05, 3.63) is 125 Å². The number of rotatable bonds is 4. The van der Waals surface area contributed by atoms with Gasteiger partial charge in [0.15, 0.2) is 0 Å². The first-order valence-corrected chi connectivity index (χ1v) is 20.6. The van der Waals surface area contributed by atoms with E-state index in [4.69, 9.17) is 0 Å². The molecule has 4 aromatic carbocycles. The zero-order chi connectivity index (χ0) is 30.6. The van der Waals surface area contributed by atoms with Crippen molar-refractivity contribution < 1.29 is 46.1 Å². The molecule has 3 aliphatic carbocycles. The Balaban J connectivity index is 0.00000208. The maximum atomic E-state index is 2.63. The first-order chi connectivity index (χ1) is 21.1. The van der Waals surface area contributed by atoms with Gasteiger partial charge in [0.25, 0.3) is 0 Å². The van der Waals surface area contributed by atoms with Gasteiger partial charge in [0, 0.05) is 0 Å². The molecule has 4 aromatic rings. The van der Waals surface area contributed by atoms with E-state index in [9.17, 15) is 0 Å². The van der Waals surface area contributed by atoms with Crippen LogP contribution >= 0.6 is 0 Å². The molecule has 0 spiro atoms. The van der Waals surface area contributed by atoms with Crippen LogP contribution in [0.5, 0.6) is 0 Å². The van der Waals surface area contributed by atoms with Gasteiger partial charge < -0.3 is 24.8 Å². The van der Waals surface area contributed by atoms with Gasteiger partial charge in [-0.05, 0) is 0 Å². The molecule has 0 heterocycles. The smallest absolute Gasteiger partial charge is 1.00 e. The van der Waals surface area contributed by atoms with E-state index in [0.717, 1.165) is 6.42 Å². The zero-order valence-electron chi connectivity index (χ0n) is 28.2. The maximum Gasteiger partial charge on any atom is -1.00 e. The van der Waals surface area contributed by atoms with Gasteiger partial charge >= 0.3 is 275 Å². The summed E-state index contributed by atoms with van der Waals surface area (Å²) in [7, 11) is 0. The second-order valence-corrected chi connectivity index (χ2v) is 21.8. The van der Waals surface area contributed by atoms with Gasteiger partial charge in [0.05, 0.1) is 0 Å². The molecule has 1 saturated carbocycles. The summed E-state index contributed by atoms with van der Waals surface area (Å²) in [6, 6.07) is 30.3. The predicted molar refractivity (Wildman–Crippen MR) is 188 cm³/mol. The molecule has 3 heteroatoms. The van der Waals surface area contributed by atoms with Crippen molar-refractivity contribution in [1.82, 2.24) is 0 Å². The third kappa shape index (κ3) is 6.42. The predicted octanol–water partition coefficient (Wildman–Crippen LogP) is 5.10. The van der Waals surface area contributed by atoms with Crippen LogP contribution in [0, 0.1) is 0 Å². The first-order valence-electron chi connectivity index (χ1n) is 16.7. The van der Waals surface area contributed by atoms with Crippen molar-refractivity contribution >= 4 is 6.48 Å². The van der Waals surface area contributed by atoms with Crippen LogP contribution in [0.15, 0.2) is 103 Å². The van der Waals surface area contributed by atoms with Crippen LogP contribution < -0.4 is 28.1 Å². The third-order valence-electron chi connectivity index (χ3n) is 10.0. The largest absolute Gasteiger partial charge is 1.00 e. The fraction of sp³-hybridized carbons (Fsp3) is 0.326. The zero-order valence-corrected chi connectivity index (χ0v) is 32.2. The van der Waals surface area contributed by atoms with Crippen LogP contribution in [0.2, 0.25) is 3.63 Å². The molecule has 0 saturated heterocycles. The minimum Gasteiger partial charge on any atom is -1.00 e. The number of benzene rings is 4. The SMILES string of the molecule is CC(C)(C)c1cc2c(cc1-c1ccccc1)Cc1c-2cc(C(C)(C)C)c(-c2ccccc2)[c]1[Zr+2](=[C]1CCCC1)[CH]1C=CC=C1.[Cl-].[Cl-]. The summed E-state index contributed by atoms with van der Waals surface area (Å²) in [5.74, 6) is 0. The molecule has 0 nitrogen and oxygen atoms in total. The molecular weight excluding hydrogens is 679 g/mol. The molecule has 0 bridgehead atoms. The molecule has 0 atom stereocenters. The van der Waals surface area contributed by atoms with Crippen LogP contribution in [0.3, 0.4) is 0 Å². The average Bonchev–Trinajstić information content (AvgIpc) is 3.79. The molecule has 236 valence electrons. The van der Waals surface area contributed by atoms with Crippen LogP contribution in [0.1, 0.15) is 89.5 Å². The van der Waals surface area contributed by atoms with Crippen LogP contribution in [0.4, 0.5) is 0 Å². The molecule has 3 aliphatic rings. The second-order valence-electron chi connectivity index (χ2n) is 15.2.